The fourth-order valence-corrected chi connectivity index (χ4v) is 2.72. The first-order valence-corrected chi connectivity index (χ1v) is 10.5. The van der Waals surface area contributed by atoms with E-state index in [9.17, 15) is 34.2 Å². The summed E-state index contributed by atoms with van der Waals surface area (Å²) in [5.74, 6) is -5.17. The van der Waals surface area contributed by atoms with Crippen molar-refractivity contribution in [3.05, 3.63) is 0 Å². The Bertz CT molecular complexity index is 681. The molecule has 0 aliphatic carbocycles. The molecule has 5 atom stereocenters. The fourth-order valence-electron chi connectivity index (χ4n) is 2.72. The van der Waals surface area contributed by atoms with Gasteiger partial charge in [0.05, 0.1) is 12.1 Å². The third kappa shape index (κ3) is 10.5. The highest BCUT2D eigenvalue weighted by Crippen LogP contribution is 2.08. The van der Waals surface area contributed by atoms with Crippen molar-refractivity contribution in [2.24, 2.45) is 17.6 Å². The second-order valence-corrected chi connectivity index (χ2v) is 8.52. The first kappa shape index (κ1) is 29.3. The van der Waals surface area contributed by atoms with Crippen LogP contribution in [0.3, 0.4) is 0 Å². The fraction of sp³-hybridized carbons (Fsp3) is 0.750. The Balaban J connectivity index is 5.43. The number of hydrogen-bond donors (Lipinski definition) is 7. The van der Waals surface area contributed by atoms with Crippen LogP contribution in [0.5, 0.6) is 0 Å². The van der Waals surface area contributed by atoms with Gasteiger partial charge in [-0.05, 0) is 31.6 Å². The molecule has 0 aromatic rings. The Morgan fingerprint density at radius 1 is 0.812 bits per heavy atom. The van der Waals surface area contributed by atoms with Crippen molar-refractivity contribution in [2.45, 2.75) is 84.2 Å². The van der Waals surface area contributed by atoms with Gasteiger partial charge in [-0.3, -0.25) is 19.2 Å². The van der Waals surface area contributed by atoms with Gasteiger partial charge >= 0.3 is 11.9 Å². The highest BCUT2D eigenvalue weighted by Gasteiger charge is 2.33. The molecule has 0 fully saturated rings. The van der Waals surface area contributed by atoms with Crippen LogP contribution in [-0.2, 0) is 24.0 Å². The minimum Gasteiger partial charge on any atom is -0.481 e. The van der Waals surface area contributed by atoms with Crippen LogP contribution in [0.2, 0.25) is 0 Å². The smallest absolute Gasteiger partial charge is 0.326 e. The average Bonchev–Trinajstić information content (AvgIpc) is 2.66. The van der Waals surface area contributed by atoms with Gasteiger partial charge in [0.1, 0.15) is 18.1 Å². The van der Waals surface area contributed by atoms with E-state index in [2.05, 4.69) is 16.0 Å². The first-order chi connectivity index (χ1) is 14.7. The summed E-state index contributed by atoms with van der Waals surface area (Å²) in [4.78, 5) is 59.7. The zero-order valence-electron chi connectivity index (χ0n) is 19.1. The molecule has 8 N–H and O–H groups in total. The summed E-state index contributed by atoms with van der Waals surface area (Å²) < 4.78 is 0. The van der Waals surface area contributed by atoms with Gasteiger partial charge in [-0.1, -0.05) is 27.7 Å². The number of carboxylic acids is 2. The number of carboxylic acid groups (broad SMARTS) is 2. The highest BCUT2D eigenvalue weighted by molar-refractivity contribution is 5.94. The quantitative estimate of drug-likeness (QED) is 0.166. The number of rotatable bonds is 14. The third-order valence-corrected chi connectivity index (χ3v) is 4.69. The molecule has 0 aliphatic rings. The van der Waals surface area contributed by atoms with Crippen LogP contribution in [0.1, 0.15) is 53.9 Å². The maximum Gasteiger partial charge on any atom is 0.326 e. The Kier molecular flexibility index (Phi) is 12.5. The van der Waals surface area contributed by atoms with E-state index in [1.54, 1.807) is 13.8 Å². The predicted molar refractivity (Wildman–Crippen MR) is 114 cm³/mol. The lowest BCUT2D eigenvalue weighted by molar-refractivity contribution is -0.144. The molecule has 12 heteroatoms. The van der Waals surface area contributed by atoms with Gasteiger partial charge in [0.15, 0.2) is 0 Å². The molecule has 0 aliphatic heterocycles. The SMILES string of the molecule is CC(C)CC(NC(=O)C(N)C(C)C)C(=O)NC(C(=O)NC(CCC(=O)O)C(=O)O)C(C)O. The summed E-state index contributed by atoms with van der Waals surface area (Å²) >= 11 is 0. The number of amides is 3. The summed E-state index contributed by atoms with van der Waals surface area (Å²) in [5, 5.41) is 34.9. The van der Waals surface area contributed by atoms with Crippen LogP contribution in [-0.4, -0.2) is 75.3 Å². The molecule has 184 valence electrons. The van der Waals surface area contributed by atoms with E-state index in [0.29, 0.717) is 0 Å². The van der Waals surface area contributed by atoms with Crippen molar-refractivity contribution in [3.63, 3.8) is 0 Å². The molecule has 0 aromatic carbocycles. The van der Waals surface area contributed by atoms with E-state index in [0.717, 1.165) is 0 Å². The molecule has 0 aromatic heterocycles. The summed E-state index contributed by atoms with van der Waals surface area (Å²) in [6, 6.07) is -4.94. The second kappa shape index (κ2) is 13.6. The highest BCUT2D eigenvalue weighted by atomic mass is 16.4. The van der Waals surface area contributed by atoms with E-state index in [4.69, 9.17) is 10.8 Å². The zero-order valence-corrected chi connectivity index (χ0v) is 19.1. The van der Waals surface area contributed by atoms with Gasteiger partial charge in [0.2, 0.25) is 17.7 Å². The maximum absolute atomic E-state index is 12.8. The number of aliphatic carboxylic acids is 2. The minimum absolute atomic E-state index is 0.00689. The van der Waals surface area contributed by atoms with Gasteiger partial charge in [-0.2, -0.15) is 0 Å². The Hall–Kier alpha value is -2.73. The number of carbonyl (C=O) groups excluding carboxylic acids is 3. The number of aliphatic hydroxyl groups is 1. The van der Waals surface area contributed by atoms with E-state index in [-0.39, 0.29) is 24.7 Å². The van der Waals surface area contributed by atoms with E-state index >= 15 is 0 Å². The van der Waals surface area contributed by atoms with Crippen molar-refractivity contribution in [1.29, 1.82) is 0 Å². The predicted octanol–water partition coefficient (Wildman–Crippen LogP) is -1.20. The monoisotopic (exact) mass is 460 g/mol. The largest absolute Gasteiger partial charge is 0.481 e. The Morgan fingerprint density at radius 3 is 1.75 bits per heavy atom. The van der Waals surface area contributed by atoms with Gasteiger partial charge in [-0.25, -0.2) is 4.79 Å². The van der Waals surface area contributed by atoms with Crippen molar-refractivity contribution >= 4 is 29.7 Å². The van der Waals surface area contributed by atoms with Crippen LogP contribution in [0.25, 0.3) is 0 Å². The molecule has 0 radical (unpaired) electrons. The van der Waals surface area contributed by atoms with Crippen LogP contribution in [0.15, 0.2) is 0 Å². The molecule has 32 heavy (non-hydrogen) atoms. The number of nitrogens with one attached hydrogen (secondary N) is 3. The van der Waals surface area contributed by atoms with Crippen molar-refractivity contribution in [3.8, 4) is 0 Å². The lowest BCUT2D eigenvalue weighted by Gasteiger charge is -2.27. The Morgan fingerprint density at radius 2 is 1.34 bits per heavy atom. The van der Waals surface area contributed by atoms with E-state index < -0.39 is 66.4 Å². The Labute approximate surface area is 187 Å². The van der Waals surface area contributed by atoms with Gasteiger partial charge in [0, 0.05) is 6.42 Å². The molecule has 3 amide bonds. The van der Waals surface area contributed by atoms with Crippen LogP contribution < -0.4 is 21.7 Å². The standard InChI is InChI=1S/C20H36N4O8/c1-9(2)8-13(23-18(29)15(21)10(3)4)17(28)24-16(11(5)25)19(30)22-12(20(31)32)6-7-14(26)27/h9-13,15-16,25H,6-8,21H2,1-5H3,(H,22,30)(H,23,29)(H,24,28)(H,26,27)(H,31,32). The number of aliphatic hydroxyl groups excluding tert-OH is 1. The van der Waals surface area contributed by atoms with Crippen molar-refractivity contribution in [2.75, 3.05) is 0 Å². The lowest BCUT2D eigenvalue weighted by atomic mass is 10.00. The minimum atomic E-state index is -1.53. The molecule has 0 saturated carbocycles. The molecule has 0 rings (SSSR count). The molecule has 0 saturated heterocycles. The summed E-state index contributed by atoms with van der Waals surface area (Å²) in [6.45, 7) is 8.38. The van der Waals surface area contributed by atoms with Gasteiger partial charge < -0.3 is 37.0 Å². The number of hydrogen-bond acceptors (Lipinski definition) is 7. The maximum atomic E-state index is 12.8. The summed E-state index contributed by atoms with van der Waals surface area (Å²) in [6.07, 6.45) is -2.05. The topological polar surface area (TPSA) is 208 Å². The molecule has 12 nitrogen and oxygen atoms in total. The van der Waals surface area contributed by atoms with E-state index in [1.165, 1.54) is 6.92 Å². The zero-order chi connectivity index (χ0) is 25.2. The molecular weight excluding hydrogens is 424 g/mol. The average molecular weight is 461 g/mol. The normalized spacial score (nSPS) is 15.9. The van der Waals surface area contributed by atoms with Crippen LogP contribution in [0.4, 0.5) is 0 Å². The van der Waals surface area contributed by atoms with Crippen LogP contribution in [0, 0.1) is 11.8 Å². The molecule has 0 spiro atoms. The summed E-state index contributed by atoms with van der Waals surface area (Å²) in [5.41, 5.74) is 5.82. The van der Waals surface area contributed by atoms with Gasteiger partial charge in [-0.15, -0.1) is 0 Å². The second-order valence-electron chi connectivity index (χ2n) is 8.52. The number of nitrogens with two attached hydrogens (primary N) is 1. The van der Waals surface area contributed by atoms with Crippen LogP contribution >= 0.6 is 0 Å². The molecule has 5 unspecified atom stereocenters. The molecule has 0 heterocycles. The molecular formula is C20H36N4O8. The summed E-state index contributed by atoms with van der Waals surface area (Å²) in [7, 11) is 0. The van der Waals surface area contributed by atoms with Crippen molar-refractivity contribution < 1.29 is 39.3 Å². The van der Waals surface area contributed by atoms with Crippen molar-refractivity contribution in [1.82, 2.24) is 16.0 Å². The van der Waals surface area contributed by atoms with E-state index in [1.807, 2.05) is 13.8 Å². The lowest BCUT2D eigenvalue weighted by Crippen LogP contribution is -2.60. The van der Waals surface area contributed by atoms with Gasteiger partial charge in [0.25, 0.3) is 0 Å². The third-order valence-electron chi connectivity index (χ3n) is 4.69. The first-order valence-electron chi connectivity index (χ1n) is 10.5. The number of carbonyl (C=O) groups is 5. The molecule has 0 bridgehead atoms.